The van der Waals surface area contributed by atoms with E-state index in [1.165, 1.54) is 0 Å². The van der Waals surface area contributed by atoms with Gasteiger partial charge in [0.05, 0.1) is 24.8 Å². The lowest BCUT2D eigenvalue weighted by molar-refractivity contribution is -0.129. The first-order chi connectivity index (χ1) is 8.79. The van der Waals surface area contributed by atoms with E-state index in [1.54, 1.807) is 29.2 Å². The van der Waals surface area contributed by atoms with Gasteiger partial charge in [0, 0.05) is 19.2 Å². The summed E-state index contributed by atoms with van der Waals surface area (Å²) in [5.74, 6) is 0.00246. The molecule has 0 unspecified atom stereocenters. The predicted molar refractivity (Wildman–Crippen MR) is 67.6 cm³/mol. The van der Waals surface area contributed by atoms with Gasteiger partial charge < -0.3 is 9.64 Å². The fourth-order valence-corrected chi connectivity index (χ4v) is 1.73. The zero-order valence-corrected chi connectivity index (χ0v) is 10.0. The second-order valence-corrected chi connectivity index (χ2v) is 4.00. The smallest absolute Gasteiger partial charge is 0.246 e. The molecule has 0 aromatic heterocycles. The molecular weight excluding hydrogens is 228 g/mol. The molecule has 1 fully saturated rings. The average molecular weight is 242 g/mol. The van der Waals surface area contributed by atoms with Gasteiger partial charge in [-0.1, -0.05) is 12.1 Å². The van der Waals surface area contributed by atoms with Crippen LogP contribution in [0, 0.1) is 11.3 Å². The van der Waals surface area contributed by atoms with Gasteiger partial charge in [-0.3, -0.25) is 4.79 Å². The van der Waals surface area contributed by atoms with Gasteiger partial charge in [0.1, 0.15) is 0 Å². The quantitative estimate of drug-likeness (QED) is 0.737. The summed E-state index contributed by atoms with van der Waals surface area (Å²) in [5.41, 5.74) is 1.53. The molecule has 92 valence electrons. The molecule has 0 bridgehead atoms. The average Bonchev–Trinajstić information content (AvgIpc) is 2.46. The molecule has 0 radical (unpaired) electrons. The molecule has 0 atom stereocenters. The summed E-state index contributed by atoms with van der Waals surface area (Å²) < 4.78 is 5.19. The summed E-state index contributed by atoms with van der Waals surface area (Å²) in [7, 11) is 0. The van der Waals surface area contributed by atoms with E-state index in [0.29, 0.717) is 31.9 Å². The molecule has 0 N–H and O–H groups in total. The van der Waals surface area contributed by atoms with Gasteiger partial charge in [0.2, 0.25) is 5.91 Å². The zero-order valence-electron chi connectivity index (χ0n) is 10.0. The Balaban J connectivity index is 1.96. The second-order valence-electron chi connectivity index (χ2n) is 4.00. The Labute approximate surface area is 106 Å². The highest BCUT2D eigenvalue weighted by Gasteiger charge is 2.13. The van der Waals surface area contributed by atoms with Gasteiger partial charge in [-0.05, 0) is 23.8 Å². The van der Waals surface area contributed by atoms with Crippen molar-refractivity contribution in [2.75, 3.05) is 26.3 Å². The zero-order chi connectivity index (χ0) is 12.8. The molecule has 2 rings (SSSR count). The molecule has 0 aliphatic carbocycles. The SMILES string of the molecule is N#Cc1ccc(C=CC(=O)N2CCOCC2)cc1. The van der Waals surface area contributed by atoms with E-state index >= 15 is 0 Å². The summed E-state index contributed by atoms with van der Waals surface area (Å²) in [6.07, 6.45) is 3.33. The minimum Gasteiger partial charge on any atom is -0.378 e. The van der Waals surface area contributed by atoms with Crippen LogP contribution in [0.3, 0.4) is 0 Å². The van der Waals surface area contributed by atoms with E-state index in [-0.39, 0.29) is 5.91 Å². The molecule has 1 aromatic rings. The molecule has 4 heteroatoms. The first-order valence-electron chi connectivity index (χ1n) is 5.84. The van der Waals surface area contributed by atoms with Crippen molar-refractivity contribution in [2.45, 2.75) is 0 Å². The summed E-state index contributed by atoms with van der Waals surface area (Å²) in [6.45, 7) is 2.51. The van der Waals surface area contributed by atoms with Gasteiger partial charge in [-0.2, -0.15) is 5.26 Å². The highest BCUT2D eigenvalue weighted by atomic mass is 16.5. The van der Waals surface area contributed by atoms with Gasteiger partial charge in [0.25, 0.3) is 0 Å². The van der Waals surface area contributed by atoms with E-state index in [1.807, 2.05) is 12.1 Å². The first kappa shape index (κ1) is 12.3. The van der Waals surface area contributed by atoms with Crippen molar-refractivity contribution in [2.24, 2.45) is 0 Å². The van der Waals surface area contributed by atoms with Crippen molar-refractivity contribution in [1.29, 1.82) is 5.26 Å². The van der Waals surface area contributed by atoms with Crippen LogP contribution in [-0.2, 0) is 9.53 Å². The van der Waals surface area contributed by atoms with Crippen LogP contribution in [-0.4, -0.2) is 37.1 Å². The Bertz CT molecular complexity index is 480. The van der Waals surface area contributed by atoms with E-state index in [0.717, 1.165) is 5.56 Å². The molecule has 1 amide bonds. The lowest BCUT2D eigenvalue weighted by atomic mass is 10.1. The van der Waals surface area contributed by atoms with Crippen LogP contribution in [0.4, 0.5) is 0 Å². The van der Waals surface area contributed by atoms with Crippen molar-refractivity contribution >= 4 is 12.0 Å². The number of hydrogen-bond donors (Lipinski definition) is 0. The number of hydrogen-bond acceptors (Lipinski definition) is 3. The number of nitrogens with zero attached hydrogens (tertiary/aromatic N) is 2. The maximum Gasteiger partial charge on any atom is 0.246 e. The van der Waals surface area contributed by atoms with E-state index in [4.69, 9.17) is 10.00 Å². The molecule has 0 spiro atoms. The third kappa shape index (κ3) is 3.19. The lowest BCUT2D eigenvalue weighted by Gasteiger charge is -2.25. The summed E-state index contributed by atoms with van der Waals surface area (Å²) >= 11 is 0. The molecule has 0 saturated carbocycles. The van der Waals surface area contributed by atoms with Gasteiger partial charge in [-0.15, -0.1) is 0 Å². The third-order valence-corrected chi connectivity index (χ3v) is 2.78. The number of nitriles is 1. The largest absolute Gasteiger partial charge is 0.378 e. The number of amides is 1. The second kappa shape index (κ2) is 5.99. The minimum absolute atomic E-state index is 0.00246. The fourth-order valence-electron chi connectivity index (χ4n) is 1.73. The number of carbonyl (C=O) groups is 1. The number of morpholine rings is 1. The topological polar surface area (TPSA) is 53.3 Å². The number of ether oxygens (including phenoxy) is 1. The molecule has 1 aromatic carbocycles. The normalized spacial score (nSPS) is 15.6. The summed E-state index contributed by atoms with van der Waals surface area (Å²) in [6, 6.07) is 9.17. The molecule has 1 heterocycles. The van der Waals surface area contributed by atoms with Crippen molar-refractivity contribution in [3.8, 4) is 6.07 Å². The monoisotopic (exact) mass is 242 g/mol. The number of benzene rings is 1. The molecule has 4 nitrogen and oxygen atoms in total. The summed E-state index contributed by atoms with van der Waals surface area (Å²) in [4.78, 5) is 13.6. The highest BCUT2D eigenvalue weighted by molar-refractivity contribution is 5.91. The minimum atomic E-state index is 0.00246. The standard InChI is InChI=1S/C14H14N2O2/c15-11-13-3-1-12(2-4-13)5-6-14(17)16-7-9-18-10-8-16/h1-6H,7-10H2. The summed E-state index contributed by atoms with van der Waals surface area (Å²) in [5, 5.41) is 8.68. The van der Waals surface area contributed by atoms with Crippen molar-refractivity contribution in [3.63, 3.8) is 0 Å². The van der Waals surface area contributed by atoms with E-state index in [2.05, 4.69) is 6.07 Å². The Hall–Kier alpha value is -2.12. The Morgan fingerprint density at radius 2 is 1.94 bits per heavy atom. The Kier molecular flexibility index (Phi) is 4.11. The predicted octanol–water partition coefficient (Wildman–Crippen LogP) is 1.43. The van der Waals surface area contributed by atoms with Crippen LogP contribution >= 0.6 is 0 Å². The van der Waals surface area contributed by atoms with E-state index in [9.17, 15) is 4.79 Å². The van der Waals surface area contributed by atoms with Crippen LogP contribution in [0.1, 0.15) is 11.1 Å². The van der Waals surface area contributed by atoms with Crippen LogP contribution in [0.2, 0.25) is 0 Å². The van der Waals surface area contributed by atoms with Crippen LogP contribution in [0.25, 0.3) is 6.08 Å². The lowest BCUT2D eigenvalue weighted by Crippen LogP contribution is -2.39. The molecule has 1 aliphatic rings. The molecule has 1 saturated heterocycles. The molecule has 1 aliphatic heterocycles. The number of rotatable bonds is 2. The van der Waals surface area contributed by atoms with Crippen LogP contribution in [0.15, 0.2) is 30.3 Å². The maximum atomic E-state index is 11.8. The van der Waals surface area contributed by atoms with Gasteiger partial charge >= 0.3 is 0 Å². The van der Waals surface area contributed by atoms with Gasteiger partial charge in [-0.25, -0.2) is 0 Å². The highest BCUT2D eigenvalue weighted by Crippen LogP contribution is 2.06. The Morgan fingerprint density at radius 3 is 2.56 bits per heavy atom. The van der Waals surface area contributed by atoms with Crippen molar-refractivity contribution < 1.29 is 9.53 Å². The number of carbonyl (C=O) groups excluding carboxylic acids is 1. The van der Waals surface area contributed by atoms with Gasteiger partial charge in [0.15, 0.2) is 0 Å². The molecular formula is C14H14N2O2. The third-order valence-electron chi connectivity index (χ3n) is 2.78. The molecule has 18 heavy (non-hydrogen) atoms. The van der Waals surface area contributed by atoms with Crippen LogP contribution < -0.4 is 0 Å². The van der Waals surface area contributed by atoms with Crippen molar-refractivity contribution in [1.82, 2.24) is 4.90 Å². The first-order valence-corrected chi connectivity index (χ1v) is 5.84. The van der Waals surface area contributed by atoms with E-state index < -0.39 is 0 Å². The van der Waals surface area contributed by atoms with Crippen molar-refractivity contribution in [3.05, 3.63) is 41.5 Å². The van der Waals surface area contributed by atoms with Crippen LogP contribution in [0.5, 0.6) is 0 Å². The fraction of sp³-hybridized carbons (Fsp3) is 0.286. The maximum absolute atomic E-state index is 11.8. The Morgan fingerprint density at radius 1 is 1.28 bits per heavy atom.